The first-order valence-corrected chi connectivity index (χ1v) is 36.3. The maximum atomic E-state index is 12.5. The van der Waals surface area contributed by atoms with Gasteiger partial charge in [-0.05, 0) is 25.7 Å². The van der Waals surface area contributed by atoms with Gasteiger partial charge < -0.3 is 20.3 Å². The van der Waals surface area contributed by atoms with Crippen LogP contribution in [0.4, 0.5) is 0 Å². The fourth-order valence-electron chi connectivity index (χ4n) is 11.9. The highest BCUT2D eigenvalue weighted by Crippen LogP contribution is 2.20. The Balaban J connectivity index is 3.27. The molecule has 6 nitrogen and oxygen atoms in total. The number of amides is 1. The summed E-state index contributed by atoms with van der Waals surface area (Å²) in [6, 6.07) is -0.535. The molecule has 0 heterocycles. The number of aliphatic hydroxyl groups excluding tert-OH is 2. The van der Waals surface area contributed by atoms with Crippen LogP contribution in [-0.2, 0) is 14.3 Å². The van der Waals surface area contributed by atoms with Crippen LogP contribution >= 0.6 is 0 Å². The van der Waals surface area contributed by atoms with Gasteiger partial charge in [0.25, 0.3) is 0 Å². The smallest absolute Gasteiger partial charge is 0.305 e. The Morgan fingerprint density at radius 2 is 0.526 bits per heavy atom. The highest BCUT2D eigenvalue weighted by atomic mass is 16.5. The van der Waals surface area contributed by atoms with Crippen molar-refractivity contribution in [3.63, 3.8) is 0 Å². The monoisotopic (exact) mass is 1100 g/mol. The van der Waals surface area contributed by atoms with Gasteiger partial charge in [-0.2, -0.15) is 0 Å². The zero-order valence-corrected chi connectivity index (χ0v) is 53.4. The Morgan fingerprint density at radius 3 is 0.782 bits per heavy atom. The predicted octanol–water partition coefficient (Wildman–Crippen LogP) is 23.4. The summed E-state index contributed by atoms with van der Waals surface area (Å²) in [5.41, 5.74) is 0. The number of nitrogens with one attached hydrogen (secondary N) is 1. The highest BCUT2D eigenvalue weighted by molar-refractivity contribution is 5.76. The molecule has 0 aliphatic rings. The lowest BCUT2D eigenvalue weighted by atomic mass is 10.0. The maximum Gasteiger partial charge on any atom is 0.305 e. The fraction of sp³-hybridized carbons (Fsp3) is 0.972. The van der Waals surface area contributed by atoms with Gasteiger partial charge in [-0.25, -0.2) is 0 Å². The molecule has 0 aromatic rings. The van der Waals surface area contributed by atoms with Gasteiger partial charge >= 0.3 is 5.97 Å². The molecule has 0 spiro atoms. The molecule has 2 atom stereocenters. The van der Waals surface area contributed by atoms with Gasteiger partial charge in [0.05, 0.1) is 25.4 Å². The summed E-state index contributed by atoms with van der Waals surface area (Å²) < 4.78 is 5.52. The third-order valence-electron chi connectivity index (χ3n) is 17.4. The van der Waals surface area contributed by atoms with E-state index in [0.717, 1.165) is 38.5 Å². The lowest BCUT2D eigenvalue weighted by Gasteiger charge is -2.22. The van der Waals surface area contributed by atoms with Crippen LogP contribution in [-0.4, -0.2) is 47.4 Å². The molecule has 6 heteroatoms. The van der Waals surface area contributed by atoms with E-state index in [0.29, 0.717) is 25.9 Å². The van der Waals surface area contributed by atoms with Crippen molar-refractivity contribution in [2.75, 3.05) is 13.2 Å². The number of carbonyl (C=O) groups excluding carboxylic acids is 2. The van der Waals surface area contributed by atoms with E-state index in [2.05, 4.69) is 19.2 Å². The Hall–Kier alpha value is -1.14. The average molecular weight is 1100 g/mol. The van der Waals surface area contributed by atoms with E-state index >= 15 is 0 Å². The topological polar surface area (TPSA) is 95.9 Å². The number of hydrogen-bond acceptors (Lipinski definition) is 5. The molecule has 0 aliphatic carbocycles. The third-order valence-corrected chi connectivity index (χ3v) is 17.4. The molecular formula is C72H143NO5. The summed E-state index contributed by atoms with van der Waals surface area (Å²) in [6.07, 6.45) is 83.2. The van der Waals surface area contributed by atoms with E-state index < -0.39 is 12.1 Å². The minimum atomic E-state index is -0.659. The second-order valence-corrected chi connectivity index (χ2v) is 25.3. The first-order chi connectivity index (χ1) is 38.5. The van der Waals surface area contributed by atoms with Crippen LogP contribution in [0.5, 0.6) is 0 Å². The Bertz CT molecular complexity index is 1130. The molecule has 0 aliphatic heterocycles. The molecule has 78 heavy (non-hydrogen) atoms. The number of hydrogen-bond donors (Lipinski definition) is 3. The van der Waals surface area contributed by atoms with Crippen molar-refractivity contribution in [1.29, 1.82) is 0 Å². The summed E-state index contributed by atoms with van der Waals surface area (Å²) in [5.74, 6) is -0.00229. The lowest BCUT2D eigenvalue weighted by molar-refractivity contribution is -0.143. The van der Waals surface area contributed by atoms with E-state index in [1.807, 2.05) is 0 Å². The molecule has 0 aromatic carbocycles. The molecule has 0 fully saturated rings. The molecule has 0 bridgehead atoms. The normalized spacial score (nSPS) is 12.4. The van der Waals surface area contributed by atoms with Crippen LogP contribution in [0.3, 0.4) is 0 Å². The summed E-state index contributed by atoms with van der Waals surface area (Å²) in [7, 11) is 0. The van der Waals surface area contributed by atoms with Gasteiger partial charge in [0.15, 0.2) is 0 Å². The highest BCUT2D eigenvalue weighted by Gasteiger charge is 2.20. The van der Waals surface area contributed by atoms with Crippen molar-refractivity contribution in [3.05, 3.63) is 0 Å². The first kappa shape index (κ1) is 76.9. The number of esters is 1. The van der Waals surface area contributed by atoms with Crippen LogP contribution < -0.4 is 5.32 Å². The second-order valence-electron chi connectivity index (χ2n) is 25.3. The van der Waals surface area contributed by atoms with Crippen LogP contribution in [0.25, 0.3) is 0 Å². The SMILES string of the molecule is CCCCCCCCCCCCCCCCCCCCCC(=O)OCCCCCCCCCCCCCCCCCCCCCCCCCCCCCCCCCC(=O)NC(CO)C(O)CCCCCCCCCCCCC. The zero-order chi connectivity index (χ0) is 56.4. The standard InChI is InChI=1S/C72H143NO5/c1-3-5-7-9-11-13-15-16-17-18-32-36-39-42-46-50-54-58-62-66-72(77)78-67-63-59-55-51-47-43-40-37-34-31-29-27-25-23-21-19-20-22-24-26-28-30-33-35-38-41-45-49-53-57-61-65-71(76)73-69(68-74)70(75)64-60-56-52-48-44-14-12-10-8-6-4-2/h69-70,74-75H,3-68H2,1-2H3,(H,73,76). The Kier molecular flexibility index (Phi) is 67.4. The molecule has 0 radical (unpaired) electrons. The van der Waals surface area contributed by atoms with Crippen LogP contribution in [0.1, 0.15) is 425 Å². The lowest BCUT2D eigenvalue weighted by Crippen LogP contribution is -2.45. The van der Waals surface area contributed by atoms with Crippen molar-refractivity contribution in [1.82, 2.24) is 5.32 Å². The predicted molar refractivity (Wildman–Crippen MR) is 343 cm³/mol. The summed E-state index contributed by atoms with van der Waals surface area (Å²) >= 11 is 0. The van der Waals surface area contributed by atoms with Crippen molar-refractivity contribution >= 4 is 11.9 Å². The number of ether oxygens (including phenoxy) is 1. The molecule has 466 valence electrons. The van der Waals surface area contributed by atoms with Crippen molar-refractivity contribution < 1.29 is 24.5 Å². The molecular weight excluding hydrogens is 959 g/mol. The van der Waals surface area contributed by atoms with Gasteiger partial charge in [-0.3, -0.25) is 9.59 Å². The molecule has 0 saturated heterocycles. The fourth-order valence-corrected chi connectivity index (χ4v) is 11.9. The molecule has 0 saturated carbocycles. The zero-order valence-electron chi connectivity index (χ0n) is 53.4. The number of unbranched alkanes of at least 4 members (excludes halogenated alkanes) is 58. The summed E-state index contributed by atoms with van der Waals surface area (Å²) in [4.78, 5) is 24.6. The van der Waals surface area contributed by atoms with E-state index in [1.54, 1.807) is 0 Å². The molecule has 0 rings (SSSR count). The molecule has 3 N–H and O–H groups in total. The quantitative estimate of drug-likeness (QED) is 0.0417. The van der Waals surface area contributed by atoms with Crippen molar-refractivity contribution in [2.45, 2.75) is 437 Å². The molecule has 1 amide bonds. The number of rotatable bonds is 69. The Morgan fingerprint density at radius 1 is 0.308 bits per heavy atom. The number of aliphatic hydroxyl groups is 2. The number of carbonyl (C=O) groups is 2. The summed E-state index contributed by atoms with van der Waals surface area (Å²) in [6.45, 7) is 4.99. The van der Waals surface area contributed by atoms with Crippen molar-refractivity contribution in [2.24, 2.45) is 0 Å². The first-order valence-electron chi connectivity index (χ1n) is 36.3. The minimum absolute atomic E-state index is 0.0267. The van der Waals surface area contributed by atoms with E-state index in [-0.39, 0.29) is 18.5 Å². The summed E-state index contributed by atoms with van der Waals surface area (Å²) in [5, 5.41) is 23.2. The average Bonchev–Trinajstić information content (AvgIpc) is 3.44. The largest absolute Gasteiger partial charge is 0.466 e. The van der Waals surface area contributed by atoms with Gasteiger partial charge in [-0.15, -0.1) is 0 Å². The van der Waals surface area contributed by atoms with Crippen LogP contribution in [0.15, 0.2) is 0 Å². The molecule has 0 aromatic heterocycles. The maximum absolute atomic E-state index is 12.5. The Labute approximate surface area is 489 Å². The van der Waals surface area contributed by atoms with Crippen molar-refractivity contribution in [3.8, 4) is 0 Å². The van der Waals surface area contributed by atoms with Gasteiger partial charge in [0.1, 0.15) is 0 Å². The second kappa shape index (κ2) is 68.4. The van der Waals surface area contributed by atoms with Crippen LogP contribution in [0, 0.1) is 0 Å². The van der Waals surface area contributed by atoms with Gasteiger partial charge in [0, 0.05) is 12.8 Å². The van der Waals surface area contributed by atoms with Crippen LogP contribution in [0.2, 0.25) is 0 Å². The van der Waals surface area contributed by atoms with E-state index in [1.165, 1.54) is 353 Å². The minimum Gasteiger partial charge on any atom is -0.466 e. The van der Waals surface area contributed by atoms with E-state index in [4.69, 9.17) is 4.74 Å². The van der Waals surface area contributed by atoms with Gasteiger partial charge in [0.2, 0.25) is 5.91 Å². The van der Waals surface area contributed by atoms with Gasteiger partial charge in [-0.1, -0.05) is 386 Å². The third kappa shape index (κ3) is 64.0. The van der Waals surface area contributed by atoms with E-state index in [9.17, 15) is 19.8 Å². The molecule has 2 unspecified atom stereocenters.